The molecule has 2 bridgehead atoms. The van der Waals surface area contributed by atoms with Crippen molar-refractivity contribution < 1.29 is 9.53 Å². The fourth-order valence-electron chi connectivity index (χ4n) is 3.48. The van der Waals surface area contributed by atoms with E-state index in [1.807, 2.05) is 0 Å². The molecule has 1 heterocycles. The van der Waals surface area contributed by atoms with Crippen LogP contribution in [0.2, 0.25) is 0 Å². The van der Waals surface area contributed by atoms with Crippen LogP contribution in [-0.2, 0) is 9.53 Å². The molecule has 2 saturated carbocycles. The summed E-state index contributed by atoms with van der Waals surface area (Å²) in [6, 6.07) is 0. The fourth-order valence-corrected chi connectivity index (χ4v) is 3.48. The van der Waals surface area contributed by atoms with Gasteiger partial charge in [0, 0.05) is 31.5 Å². The number of Topliss-reactive ketones (excluding diaryl/α,β-unsaturated/α-hetero) is 1. The summed E-state index contributed by atoms with van der Waals surface area (Å²) in [5.74, 6) is 2.07. The van der Waals surface area contributed by atoms with Gasteiger partial charge in [-0.15, -0.1) is 0 Å². The van der Waals surface area contributed by atoms with Crippen molar-refractivity contribution in [1.82, 2.24) is 4.90 Å². The predicted molar refractivity (Wildman–Crippen MR) is 56.6 cm³/mol. The lowest BCUT2D eigenvalue weighted by Gasteiger charge is -2.31. The standard InChI is InChI=1S/C12H19NO2/c14-12-10-2-1-9(7-10)11(12)8-13-3-5-15-6-4-13/h9-11H,1-8H2/t9-,10+,11+/m1/s1. The number of nitrogens with zero attached hydrogens (tertiary/aromatic N) is 1. The van der Waals surface area contributed by atoms with E-state index in [0.29, 0.717) is 23.5 Å². The first kappa shape index (κ1) is 9.79. The van der Waals surface area contributed by atoms with Crippen molar-refractivity contribution in [2.24, 2.45) is 17.8 Å². The lowest BCUT2D eigenvalue weighted by Crippen LogP contribution is -2.42. The highest BCUT2D eigenvalue weighted by Crippen LogP contribution is 2.46. The molecule has 0 aromatic carbocycles. The Hall–Kier alpha value is -0.410. The van der Waals surface area contributed by atoms with Crippen LogP contribution < -0.4 is 0 Å². The molecule has 1 aliphatic heterocycles. The van der Waals surface area contributed by atoms with Crippen molar-refractivity contribution in [1.29, 1.82) is 0 Å². The zero-order valence-corrected chi connectivity index (χ0v) is 9.15. The Morgan fingerprint density at radius 3 is 2.73 bits per heavy atom. The van der Waals surface area contributed by atoms with Gasteiger partial charge in [0.2, 0.25) is 0 Å². The molecule has 3 aliphatic rings. The molecule has 0 unspecified atom stereocenters. The molecular weight excluding hydrogens is 190 g/mol. The van der Waals surface area contributed by atoms with Crippen LogP contribution in [0.25, 0.3) is 0 Å². The number of ketones is 1. The topological polar surface area (TPSA) is 29.5 Å². The Labute approximate surface area is 90.8 Å². The van der Waals surface area contributed by atoms with Crippen molar-refractivity contribution in [3.63, 3.8) is 0 Å². The zero-order valence-electron chi connectivity index (χ0n) is 9.15. The summed E-state index contributed by atoms with van der Waals surface area (Å²) in [6.07, 6.45) is 3.66. The van der Waals surface area contributed by atoms with E-state index in [9.17, 15) is 4.79 Å². The van der Waals surface area contributed by atoms with Gasteiger partial charge in [-0.05, 0) is 25.2 Å². The molecule has 0 spiro atoms. The van der Waals surface area contributed by atoms with E-state index in [-0.39, 0.29) is 0 Å². The molecule has 2 aliphatic carbocycles. The lowest BCUT2D eigenvalue weighted by molar-refractivity contribution is -0.126. The second kappa shape index (κ2) is 3.87. The van der Waals surface area contributed by atoms with Crippen LogP contribution in [0.3, 0.4) is 0 Å². The van der Waals surface area contributed by atoms with Crippen LogP contribution >= 0.6 is 0 Å². The molecule has 0 aromatic heterocycles. The molecule has 3 heteroatoms. The van der Waals surface area contributed by atoms with Crippen LogP contribution in [-0.4, -0.2) is 43.5 Å². The summed E-state index contributed by atoms with van der Waals surface area (Å²) in [4.78, 5) is 14.4. The maximum Gasteiger partial charge on any atom is 0.140 e. The maximum atomic E-state index is 12.0. The first-order chi connectivity index (χ1) is 7.34. The monoisotopic (exact) mass is 209 g/mol. The quantitative estimate of drug-likeness (QED) is 0.677. The number of carbonyl (C=O) groups is 1. The number of morpholine rings is 1. The Morgan fingerprint density at radius 2 is 2.07 bits per heavy atom. The predicted octanol–water partition coefficient (Wildman–Crippen LogP) is 0.934. The van der Waals surface area contributed by atoms with Crippen LogP contribution in [0.1, 0.15) is 19.3 Å². The van der Waals surface area contributed by atoms with Crippen molar-refractivity contribution in [2.75, 3.05) is 32.8 Å². The van der Waals surface area contributed by atoms with E-state index < -0.39 is 0 Å². The first-order valence-electron chi connectivity index (χ1n) is 6.18. The maximum absolute atomic E-state index is 12.0. The minimum atomic E-state index is 0.363. The van der Waals surface area contributed by atoms with Gasteiger partial charge in [0.15, 0.2) is 0 Å². The molecule has 1 saturated heterocycles. The third kappa shape index (κ3) is 1.72. The summed E-state index contributed by atoms with van der Waals surface area (Å²) in [5.41, 5.74) is 0. The molecule has 0 N–H and O–H groups in total. The minimum Gasteiger partial charge on any atom is -0.379 e. The van der Waals surface area contributed by atoms with Crippen LogP contribution in [0.15, 0.2) is 0 Å². The third-order valence-electron chi connectivity index (χ3n) is 4.37. The van der Waals surface area contributed by atoms with Gasteiger partial charge >= 0.3 is 0 Å². The number of fused-ring (bicyclic) bond motifs is 2. The van der Waals surface area contributed by atoms with Crippen molar-refractivity contribution in [3.05, 3.63) is 0 Å². The Bertz CT molecular complexity index is 260. The van der Waals surface area contributed by atoms with Crippen LogP contribution in [0.5, 0.6) is 0 Å². The highest BCUT2D eigenvalue weighted by Gasteiger charge is 2.46. The smallest absolute Gasteiger partial charge is 0.140 e. The second-order valence-electron chi connectivity index (χ2n) is 5.19. The largest absolute Gasteiger partial charge is 0.379 e. The molecule has 0 radical (unpaired) electrons. The third-order valence-corrected chi connectivity index (χ3v) is 4.37. The molecule has 0 aromatic rings. The SMILES string of the molecule is O=C1[C@H]2CC[C@H](C2)[C@@H]1CN1CCOCC1. The average Bonchev–Trinajstić information content (AvgIpc) is 2.84. The molecule has 3 atom stereocenters. The fraction of sp³-hybridized carbons (Fsp3) is 0.917. The van der Waals surface area contributed by atoms with Gasteiger partial charge in [-0.3, -0.25) is 9.69 Å². The van der Waals surface area contributed by atoms with Gasteiger partial charge in [-0.25, -0.2) is 0 Å². The normalized spacial score (nSPS) is 41.3. The van der Waals surface area contributed by atoms with Crippen molar-refractivity contribution in [2.45, 2.75) is 19.3 Å². The number of ether oxygens (including phenoxy) is 1. The first-order valence-corrected chi connectivity index (χ1v) is 6.18. The van der Waals surface area contributed by atoms with E-state index in [1.54, 1.807) is 0 Å². The van der Waals surface area contributed by atoms with E-state index in [1.165, 1.54) is 19.3 Å². The summed E-state index contributed by atoms with van der Waals surface area (Å²) < 4.78 is 5.33. The number of rotatable bonds is 2. The highest BCUT2D eigenvalue weighted by atomic mass is 16.5. The van der Waals surface area contributed by atoms with Gasteiger partial charge in [-0.2, -0.15) is 0 Å². The molecular formula is C12H19NO2. The number of carbonyl (C=O) groups excluding carboxylic acids is 1. The summed E-state index contributed by atoms with van der Waals surface area (Å²) >= 11 is 0. The van der Waals surface area contributed by atoms with Crippen LogP contribution in [0.4, 0.5) is 0 Å². The molecule has 3 rings (SSSR count). The summed E-state index contributed by atoms with van der Waals surface area (Å²) in [6.45, 7) is 4.72. The average molecular weight is 209 g/mol. The molecule has 0 amide bonds. The molecule has 3 fully saturated rings. The van der Waals surface area contributed by atoms with E-state index >= 15 is 0 Å². The van der Waals surface area contributed by atoms with Gasteiger partial charge in [0.1, 0.15) is 5.78 Å². The van der Waals surface area contributed by atoms with Gasteiger partial charge in [0.05, 0.1) is 13.2 Å². The number of hydrogen-bond acceptors (Lipinski definition) is 3. The van der Waals surface area contributed by atoms with E-state index in [0.717, 1.165) is 32.8 Å². The lowest BCUT2D eigenvalue weighted by atomic mass is 9.87. The molecule has 3 nitrogen and oxygen atoms in total. The van der Waals surface area contributed by atoms with Gasteiger partial charge in [-0.1, -0.05) is 0 Å². The van der Waals surface area contributed by atoms with Crippen molar-refractivity contribution in [3.8, 4) is 0 Å². The van der Waals surface area contributed by atoms with Crippen LogP contribution in [0, 0.1) is 17.8 Å². The molecule has 84 valence electrons. The van der Waals surface area contributed by atoms with Crippen molar-refractivity contribution >= 4 is 5.78 Å². The highest BCUT2D eigenvalue weighted by molar-refractivity contribution is 5.87. The summed E-state index contributed by atoms with van der Waals surface area (Å²) in [5, 5.41) is 0. The van der Waals surface area contributed by atoms with Gasteiger partial charge in [0.25, 0.3) is 0 Å². The molecule has 15 heavy (non-hydrogen) atoms. The Balaban J connectivity index is 1.60. The summed E-state index contributed by atoms with van der Waals surface area (Å²) in [7, 11) is 0. The van der Waals surface area contributed by atoms with E-state index in [4.69, 9.17) is 4.74 Å². The van der Waals surface area contributed by atoms with Gasteiger partial charge < -0.3 is 4.74 Å². The Morgan fingerprint density at radius 1 is 1.27 bits per heavy atom. The zero-order chi connectivity index (χ0) is 10.3. The minimum absolute atomic E-state index is 0.363. The van der Waals surface area contributed by atoms with E-state index in [2.05, 4.69) is 4.90 Å². The second-order valence-corrected chi connectivity index (χ2v) is 5.19. The number of hydrogen-bond donors (Lipinski definition) is 0. The Kier molecular flexibility index (Phi) is 2.53.